The van der Waals surface area contributed by atoms with Crippen LogP contribution in [-0.4, -0.2) is 54.0 Å². The van der Waals surface area contributed by atoms with Crippen LogP contribution in [0.15, 0.2) is 30.3 Å². The van der Waals surface area contributed by atoms with Crippen LogP contribution in [-0.2, 0) is 25.5 Å². The lowest BCUT2D eigenvalue weighted by atomic mass is 10.0. The first kappa shape index (κ1) is 24.3. The van der Waals surface area contributed by atoms with Crippen molar-refractivity contribution in [3.8, 4) is 0 Å². The molecule has 0 aliphatic carbocycles. The van der Waals surface area contributed by atoms with Crippen molar-refractivity contribution < 1.29 is 37.7 Å². The van der Waals surface area contributed by atoms with Crippen molar-refractivity contribution in [2.24, 2.45) is 0 Å². The van der Waals surface area contributed by atoms with E-state index in [1.165, 1.54) is 0 Å². The maximum atomic E-state index is 12.5. The number of carbonyl (C=O) groups excluding carboxylic acids is 2. The van der Waals surface area contributed by atoms with Gasteiger partial charge in [0.15, 0.2) is 6.04 Å². The predicted octanol–water partition coefficient (Wildman–Crippen LogP) is 2.32. The van der Waals surface area contributed by atoms with Gasteiger partial charge in [-0.05, 0) is 39.2 Å². The van der Waals surface area contributed by atoms with Crippen LogP contribution in [0.5, 0.6) is 0 Å². The Hall–Kier alpha value is -2.75. The summed E-state index contributed by atoms with van der Waals surface area (Å²) in [7, 11) is 0. The molecule has 0 fully saturated rings. The molecule has 0 unspecified atom stereocenters. The maximum absolute atomic E-state index is 12.5. The van der Waals surface area contributed by atoms with E-state index in [-0.39, 0.29) is 6.42 Å². The first-order valence-electron chi connectivity index (χ1n) is 8.94. The number of carboxylic acid groups (broad SMARTS) is 1. The average Bonchev–Trinajstić information content (AvgIpc) is 2.60. The summed E-state index contributed by atoms with van der Waals surface area (Å²) in [6.45, 7) is 0.841. The number of alkyl halides is 2. The fourth-order valence-electron chi connectivity index (χ4n) is 2.29. The summed E-state index contributed by atoms with van der Waals surface area (Å²) < 4.78 is 33.5. The number of carbonyl (C=O) groups is 3. The Bertz CT molecular complexity index is 679. The van der Waals surface area contributed by atoms with Gasteiger partial charge in [-0.1, -0.05) is 30.3 Å². The zero-order valence-corrected chi connectivity index (χ0v) is 16.5. The Labute approximate surface area is 167 Å². The minimum Gasteiger partial charge on any atom is -0.480 e. The van der Waals surface area contributed by atoms with Crippen molar-refractivity contribution >= 4 is 18.0 Å². The molecule has 10 heteroatoms. The normalized spacial score (nSPS) is 13.4. The molecule has 0 aliphatic heterocycles. The summed E-state index contributed by atoms with van der Waals surface area (Å²) in [4.78, 5) is 35.8. The van der Waals surface area contributed by atoms with E-state index in [4.69, 9.17) is 9.84 Å². The highest BCUT2D eigenvalue weighted by atomic mass is 19.3. The third-order valence-electron chi connectivity index (χ3n) is 3.58. The zero-order valence-electron chi connectivity index (χ0n) is 16.5. The molecule has 162 valence electrons. The van der Waals surface area contributed by atoms with Gasteiger partial charge in [0, 0.05) is 0 Å². The van der Waals surface area contributed by atoms with E-state index in [1.807, 2.05) is 30.3 Å². The summed E-state index contributed by atoms with van der Waals surface area (Å²) in [6.07, 6.45) is -0.321. The maximum Gasteiger partial charge on any atom is 0.408 e. The van der Waals surface area contributed by atoms with E-state index in [9.17, 15) is 23.2 Å². The smallest absolute Gasteiger partial charge is 0.408 e. The van der Waals surface area contributed by atoms with Crippen LogP contribution < -0.4 is 10.6 Å². The fraction of sp³-hybridized carbons (Fsp3) is 0.526. The first-order chi connectivity index (χ1) is 13.5. The topological polar surface area (TPSA) is 114 Å². The largest absolute Gasteiger partial charge is 0.480 e. The van der Waals surface area contributed by atoms with E-state index in [1.54, 1.807) is 20.8 Å². The second kappa shape index (κ2) is 11.3. The molecule has 3 N–H and O–H groups in total. The van der Waals surface area contributed by atoms with Crippen molar-refractivity contribution in [1.82, 2.24) is 10.6 Å². The summed E-state index contributed by atoms with van der Waals surface area (Å²) in [5, 5.41) is 13.6. The van der Waals surface area contributed by atoms with Crippen LogP contribution in [0.1, 0.15) is 32.8 Å². The molecule has 2 amide bonds. The number of rotatable bonds is 10. The predicted molar refractivity (Wildman–Crippen MR) is 99.4 cm³/mol. The molecular weight excluding hydrogens is 390 g/mol. The van der Waals surface area contributed by atoms with Gasteiger partial charge >= 0.3 is 18.7 Å². The summed E-state index contributed by atoms with van der Waals surface area (Å²) >= 11 is 0. The summed E-state index contributed by atoms with van der Waals surface area (Å²) in [5.74, 6) is -2.39. The Kier molecular flexibility index (Phi) is 9.46. The molecule has 1 aromatic carbocycles. The van der Waals surface area contributed by atoms with Crippen molar-refractivity contribution in [3.05, 3.63) is 35.9 Å². The molecule has 29 heavy (non-hydrogen) atoms. The Morgan fingerprint density at radius 1 is 1.07 bits per heavy atom. The summed E-state index contributed by atoms with van der Waals surface area (Å²) in [5.41, 5.74) is 0.0892. The Morgan fingerprint density at radius 2 is 1.69 bits per heavy atom. The van der Waals surface area contributed by atoms with E-state index in [0.29, 0.717) is 6.42 Å². The van der Waals surface area contributed by atoms with Gasteiger partial charge in [0.05, 0.1) is 6.61 Å². The van der Waals surface area contributed by atoms with Crippen LogP contribution in [0.3, 0.4) is 0 Å². The number of halogens is 2. The lowest BCUT2D eigenvalue weighted by Crippen LogP contribution is -2.53. The molecule has 8 nitrogen and oxygen atoms in total. The highest BCUT2D eigenvalue weighted by molar-refractivity contribution is 5.89. The second-order valence-corrected chi connectivity index (χ2v) is 7.22. The van der Waals surface area contributed by atoms with Gasteiger partial charge < -0.3 is 25.2 Å². The van der Waals surface area contributed by atoms with Gasteiger partial charge in [-0.2, -0.15) is 8.78 Å². The molecule has 2 atom stereocenters. The number of hydrogen-bond acceptors (Lipinski definition) is 5. The number of hydrogen-bond donors (Lipinski definition) is 3. The molecule has 1 rings (SSSR count). The number of aryl methyl sites for hydroxylation is 1. The van der Waals surface area contributed by atoms with Crippen LogP contribution >= 0.6 is 0 Å². The van der Waals surface area contributed by atoms with Crippen LogP contribution in [0, 0.1) is 0 Å². The van der Waals surface area contributed by atoms with Crippen LogP contribution in [0.25, 0.3) is 0 Å². The molecule has 0 bridgehead atoms. The monoisotopic (exact) mass is 416 g/mol. The standard InChI is InChI=1S/C19H26F2N2O6/c1-19(2,3)29-18(27)23-13(10-9-12-7-5-4-6-8-12)15(24)22-14(16(25)26)11-28-17(20)21/h4-8,13-14,17H,9-11H2,1-3H3,(H,22,24)(H,23,27)(H,25,26)/t13-,14-/m0/s1. The van der Waals surface area contributed by atoms with Crippen molar-refractivity contribution in [2.45, 2.75) is 57.9 Å². The third-order valence-corrected chi connectivity index (χ3v) is 3.58. The molecular formula is C19H26F2N2O6. The Morgan fingerprint density at radius 3 is 2.21 bits per heavy atom. The molecule has 0 heterocycles. The molecule has 0 spiro atoms. The number of amides is 2. The van der Waals surface area contributed by atoms with Gasteiger partial charge in [0.2, 0.25) is 5.91 Å². The minimum absolute atomic E-state index is 0.136. The Balaban J connectivity index is 2.84. The van der Waals surface area contributed by atoms with Crippen molar-refractivity contribution in [2.75, 3.05) is 6.61 Å². The minimum atomic E-state index is -3.18. The van der Waals surface area contributed by atoms with E-state index in [0.717, 1.165) is 5.56 Å². The van der Waals surface area contributed by atoms with Crippen molar-refractivity contribution in [1.29, 1.82) is 0 Å². The number of carboxylic acids is 1. The number of benzene rings is 1. The number of aliphatic carboxylic acids is 1. The molecule has 0 saturated heterocycles. The number of alkyl carbamates (subject to hydrolysis) is 1. The first-order valence-corrected chi connectivity index (χ1v) is 8.94. The molecule has 1 aromatic rings. The second-order valence-electron chi connectivity index (χ2n) is 7.22. The highest BCUT2D eigenvalue weighted by Gasteiger charge is 2.29. The lowest BCUT2D eigenvalue weighted by Gasteiger charge is -2.24. The molecule has 0 radical (unpaired) electrons. The van der Waals surface area contributed by atoms with Gasteiger partial charge in [-0.25, -0.2) is 9.59 Å². The van der Waals surface area contributed by atoms with Gasteiger partial charge in [0.25, 0.3) is 0 Å². The lowest BCUT2D eigenvalue weighted by molar-refractivity contribution is -0.156. The van der Waals surface area contributed by atoms with Gasteiger partial charge in [-0.15, -0.1) is 0 Å². The third kappa shape index (κ3) is 10.4. The SMILES string of the molecule is CC(C)(C)OC(=O)N[C@@H](CCc1ccccc1)C(=O)N[C@@H](COC(F)F)C(=O)O. The van der Waals surface area contributed by atoms with Crippen molar-refractivity contribution in [3.63, 3.8) is 0 Å². The quantitative estimate of drug-likeness (QED) is 0.539. The van der Waals surface area contributed by atoms with E-state index >= 15 is 0 Å². The average molecular weight is 416 g/mol. The number of nitrogens with one attached hydrogen (secondary N) is 2. The zero-order chi connectivity index (χ0) is 22.0. The molecule has 0 aromatic heterocycles. The fourth-order valence-corrected chi connectivity index (χ4v) is 2.29. The van der Waals surface area contributed by atoms with Crippen LogP contribution in [0.4, 0.5) is 13.6 Å². The van der Waals surface area contributed by atoms with Gasteiger partial charge in [0.1, 0.15) is 11.6 Å². The summed E-state index contributed by atoms with van der Waals surface area (Å²) in [6, 6.07) is 6.28. The highest BCUT2D eigenvalue weighted by Crippen LogP contribution is 2.10. The van der Waals surface area contributed by atoms with E-state index in [2.05, 4.69) is 15.4 Å². The van der Waals surface area contributed by atoms with Crippen LogP contribution in [0.2, 0.25) is 0 Å². The molecule has 0 saturated carbocycles. The molecule has 0 aliphatic rings. The van der Waals surface area contributed by atoms with E-state index < -0.39 is 48.9 Å². The van der Waals surface area contributed by atoms with Gasteiger partial charge in [-0.3, -0.25) is 4.79 Å². The number of ether oxygens (including phenoxy) is 2.